The Balaban J connectivity index is 1.78. The summed E-state index contributed by atoms with van der Waals surface area (Å²) in [4.78, 5) is 0. The van der Waals surface area contributed by atoms with Crippen molar-refractivity contribution < 1.29 is 29.9 Å². The number of ether oxygens (including phenoxy) is 2. The molecule has 0 saturated carbocycles. The highest BCUT2D eigenvalue weighted by atomic mass is 16.6. The third kappa shape index (κ3) is 4.14. The lowest BCUT2D eigenvalue weighted by Gasteiger charge is -2.41. The zero-order valence-electron chi connectivity index (χ0n) is 16.9. The number of aliphatic hydroxyl groups excluding tert-OH is 4. The van der Waals surface area contributed by atoms with Crippen LogP contribution in [0.1, 0.15) is 16.7 Å². The van der Waals surface area contributed by atoms with Gasteiger partial charge in [0.2, 0.25) is 0 Å². The standard InChI is InChI=1S/C25H26O6/c26-21-20(31-24(29)23(28)22(21)27)16-30-25(17-10-4-1-5-11-17,18-12-6-2-7-13-18)19-14-8-3-9-15-19/h1-15,20-24,26-29H,16H2/t20?,21-,22?,23?,24-/m0/s1. The summed E-state index contributed by atoms with van der Waals surface area (Å²) in [5.41, 5.74) is 1.59. The lowest BCUT2D eigenvalue weighted by atomic mass is 9.80. The molecule has 162 valence electrons. The molecule has 0 aromatic heterocycles. The molecule has 1 fully saturated rings. The molecule has 1 aliphatic heterocycles. The highest BCUT2D eigenvalue weighted by Gasteiger charge is 2.45. The molecule has 0 spiro atoms. The van der Waals surface area contributed by atoms with Gasteiger partial charge in [-0.15, -0.1) is 0 Å². The second kappa shape index (κ2) is 9.28. The lowest BCUT2D eigenvalue weighted by molar-refractivity contribution is -0.291. The van der Waals surface area contributed by atoms with Crippen LogP contribution in [-0.2, 0) is 15.1 Å². The van der Waals surface area contributed by atoms with Crippen molar-refractivity contribution in [1.82, 2.24) is 0 Å². The van der Waals surface area contributed by atoms with Crippen LogP contribution in [0.15, 0.2) is 91.0 Å². The molecule has 1 aliphatic rings. The maximum absolute atomic E-state index is 10.4. The van der Waals surface area contributed by atoms with Crippen molar-refractivity contribution in [2.45, 2.75) is 36.3 Å². The maximum Gasteiger partial charge on any atom is 0.184 e. The van der Waals surface area contributed by atoms with Gasteiger partial charge in [-0.3, -0.25) is 0 Å². The minimum atomic E-state index is -1.62. The number of benzene rings is 3. The fraction of sp³-hybridized carbons (Fsp3) is 0.280. The first-order valence-electron chi connectivity index (χ1n) is 10.2. The third-order valence-corrected chi connectivity index (χ3v) is 5.69. The second-order valence-electron chi connectivity index (χ2n) is 7.63. The summed E-state index contributed by atoms with van der Waals surface area (Å²) < 4.78 is 11.9. The van der Waals surface area contributed by atoms with E-state index in [4.69, 9.17) is 9.47 Å². The minimum absolute atomic E-state index is 0.138. The molecule has 0 aliphatic carbocycles. The van der Waals surface area contributed by atoms with Crippen molar-refractivity contribution in [2.24, 2.45) is 0 Å². The second-order valence-corrected chi connectivity index (χ2v) is 7.63. The first-order valence-corrected chi connectivity index (χ1v) is 10.2. The van der Waals surface area contributed by atoms with Crippen molar-refractivity contribution in [3.05, 3.63) is 108 Å². The van der Waals surface area contributed by atoms with Gasteiger partial charge >= 0.3 is 0 Å². The van der Waals surface area contributed by atoms with Gasteiger partial charge in [0.05, 0.1) is 6.61 Å². The molecule has 3 unspecified atom stereocenters. The Morgan fingerprint density at radius 3 is 1.45 bits per heavy atom. The molecule has 1 saturated heterocycles. The summed E-state index contributed by atoms with van der Waals surface area (Å²) in [6.07, 6.45) is -7.21. The van der Waals surface area contributed by atoms with Gasteiger partial charge in [0.15, 0.2) is 6.29 Å². The highest BCUT2D eigenvalue weighted by Crippen LogP contribution is 2.41. The normalized spacial score (nSPS) is 26.5. The van der Waals surface area contributed by atoms with Crippen LogP contribution in [0.2, 0.25) is 0 Å². The average molecular weight is 422 g/mol. The molecule has 31 heavy (non-hydrogen) atoms. The maximum atomic E-state index is 10.4. The zero-order chi connectivity index (χ0) is 21.8. The van der Waals surface area contributed by atoms with E-state index in [0.29, 0.717) is 0 Å². The predicted octanol–water partition coefficient (Wildman–Crippen LogP) is 1.79. The summed E-state index contributed by atoms with van der Waals surface area (Å²) in [7, 11) is 0. The average Bonchev–Trinajstić information content (AvgIpc) is 2.83. The number of hydrogen-bond donors (Lipinski definition) is 4. The van der Waals surface area contributed by atoms with Gasteiger partial charge in [0, 0.05) is 0 Å². The quantitative estimate of drug-likeness (QED) is 0.452. The van der Waals surface area contributed by atoms with E-state index in [1.807, 2.05) is 91.0 Å². The molecule has 6 nitrogen and oxygen atoms in total. The van der Waals surface area contributed by atoms with E-state index in [-0.39, 0.29) is 6.61 Å². The van der Waals surface area contributed by atoms with E-state index < -0.39 is 36.3 Å². The lowest BCUT2D eigenvalue weighted by Crippen LogP contribution is -2.59. The van der Waals surface area contributed by atoms with Gasteiger partial charge in [0.1, 0.15) is 30.0 Å². The van der Waals surface area contributed by atoms with Gasteiger partial charge < -0.3 is 29.9 Å². The number of rotatable bonds is 6. The summed E-state index contributed by atoms with van der Waals surface area (Å²) in [6, 6.07) is 29.1. The molecule has 5 atom stereocenters. The van der Waals surface area contributed by atoms with Crippen LogP contribution in [-0.4, -0.2) is 57.7 Å². The van der Waals surface area contributed by atoms with Crippen molar-refractivity contribution in [2.75, 3.05) is 6.61 Å². The predicted molar refractivity (Wildman–Crippen MR) is 114 cm³/mol. The molecule has 3 aromatic carbocycles. The van der Waals surface area contributed by atoms with Crippen LogP contribution in [0.4, 0.5) is 0 Å². The van der Waals surface area contributed by atoms with Crippen molar-refractivity contribution >= 4 is 0 Å². The van der Waals surface area contributed by atoms with E-state index >= 15 is 0 Å². The Labute approximate surface area is 180 Å². The molecule has 0 bridgehead atoms. The Morgan fingerprint density at radius 1 is 0.613 bits per heavy atom. The fourth-order valence-corrected chi connectivity index (χ4v) is 4.04. The number of aliphatic hydroxyl groups is 4. The molecule has 6 heteroatoms. The van der Waals surface area contributed by atoms with Crippen LogP contribution < -0.4 is 0 Å². The topological polar surface area (TPSA) is 99.4 Å². The van der Waals surface area contributed by atoms with Crippen molar-refractivity contribution in [3.63, 3.8) is 0 Å². The van der Waals surface area contributed by atoms with Crippen LogP contribution in [0.25, 0.3) is 0 Å². The SMILES string of the molecule is OC1C(O)[C@@H](O)OC(COC(c2ccccc2)(c2ccccc2)c2ccccc2)[C@@H]1O. The third-order valence-electron chi connectivity index (χ3n) is 5.69. The Hall–Kier alpha value is -2.58. The van der Waals surface area contributed by atoms with E-state index in [2.05, 4.69) is 0 Å². The summed E-state index contributed by atoms with van der Waals surface area (Å²) >= 11 is 0. The van der Waals surface area contributed by atoms with Crippen LogP contribution in [0.3, 0.4) is 0 Å². The molecule has 0 amide bonds. The summed E-state index contributed by atoms with van der Waals surface area (Å²) in [5.74, 6) is 0. The zero-order valence-corrected chi connectivity index (χ0v) is 16.9. The van der Waals surface area contributed by atoms with Crippen LogP contribution in [0.5, 0.6) is 0 Å². The van der Waals surface area contributed by atoms with E-state index in [1.54, 1.807) is 0 Å². The van der Waals surface area contributed by atoms with Gasteiger partial charge in [-0.05, 0) is 16.7 Å². The Bertz CT molecular complexity index is 853. The molecular formula is C25H26O6. The smallest absolute Gasteiger partial charge is 0.184 e. The summed E-state index contributed by atoms with van der Waals surface area (Å²) in [6.45, 7) is -0.138. The molecule has 1 heterocycles. The Morgan fingerprint density at radius 2 is 1.03 bits per heavy atom. The number of hydrogen-bond acceptors (Lipinski definition) is 6. The molecule has 3 aromatic rings. The summed E-state index contributed by atoms with van der Waals surface area (Å²) in [5, 5.41) is 40.2. The van der Waals surface area contributed by atoms with Crippen LogP contribution >= 0.6 is 0 Å². The monoisotopic (exact) mass is 422 g/mol. The molecule has 0 radical (unpaired) electrons. The van der Waals surface area contributed by atoms with Crippen LogP contribution in [0, 0.1) is 0 Å². The van der Waals surface area contributed by atoms with Gasteiger partial charge in [-0.2, -0.15) is 0 Å². The van der Waals surface area contributed by atoms with E-state index in [0.717, 1.165) is 16.7 Å². The van der Waals surface area contributed by atoms with E-state index in [1.165, 1.54) is 0 Å². The highest BCUT2D eigenvalue weighted by molar-refractivity contribution is 5.47. The van der Waals surface area contributed by atoms with Crippen molar-refractivity contribution in [3.8, 4) is 0 Å². The molecule has 4 rings (SSSR count). The minimum Gasteiger partial charge on any atom is -0.387 e. The van der Waals surface area contributed by atoms with Gasteiger partial charge in [-0.1, -0.05) is 91.0 Å². The van der Waals surface area contributed by atoms with E-state index in [9.17, 15) is 20.4 Å². The Kier molecular flexibility index (Phi) is 6.48. The largest absolute Gasteiger partial charge is 0.387 e. The first-order chi connectivity index (χ1) is 15.0. The molecule has 4 N–H and O–H groups in total. The first kappa shape index (κ1) is 21.6. The van der Waals surface area contributed by atoms with Gasteiger partial charge in [0.25, 0.3) is 0 Å². The fourth-order valence-electron chi connectivity index (χ4n) is 4.04. The molecular weight excluding hydrogens is 396 g/mol. The van der Waals surface area contributed by atoms with Gasteiger partial charge in [-0.25, -0.2) is 0 Å². The van der Waals surface area contributed by atoms with Crippen molar-refractivity contribution in [1.29, 1.82) is 0 Å².